The van der Waals surface area contributed by atoms with Gasteiger partial charge in [-0.15, -0.1) is 0 Å². The zero-order chi connectivity index (χ0) is 21.4. The second-order valence-electron chi connectivity index (χ2n) is 8.37. The number of aryl methyl sites for hydroxylation is 1. The highest BCUT2D eigenvalue weighted by atomic mass is 19.1. The van der Waals surface area contributed by atoms with E-state index in [-0.39, 0.29) is 35.0 Å². The van der Waals surface area contributed by atoms with E-state index in [0.29, 0.717) is 47.2 Å². The first-order valence-electron chi connectivity index (χ1n) is 10.6. The molecule has 0 saturated carbocycles. The molecule has 7 heteroatoms. The summed E-state index contributed by atoms with van der Waals surface area (Å²) in [5, 5.41) is 7.55. The summed E-state index contributed by atoms with van der Waals surface area (Å²) in [6, 6.07) is 6.93. The molecule has 2 N–H and O–H groups in total. The lowest BCUT2D eigenvalue weighted by molar-refractivity contribution is -0.122. The van der Waals surface area contributed by atoms with Crippen LogP contribution in [0.2, 0.25) is 0 Å². The van der Waals surface area contributed by atoms with Crippen molar-refractivity contribution >= 4 is 16.8 Å². The van der Waals surface area contributed by atoms with Crippen molar-refractivity contribution in [2.45, 2.75) is 46.1 Å². The summed E-state index contributed by atoms with van der Waals surface area (Å²) >= 11 is 0. The number of halogens is 1. The molecule has 4 rings (SSSR count). The quantitative estimate of drug-likeness (QED) is 0.648. The van der Waals surface area contributed by atoms with Gasteiger partial charge in [-0.05, 0) is 49.8 Å². The fourth-order valence-corrected chi connectivity index (χ4v) is 4.42. The van der Waals surface area contributed by atoms with Crippen LogP contribution in [0.3, 0.4) is 0 Å². The lowest BCUT2D eigenvalue weighted by Gasteiger charge is -2.23. The number of hydrogen-bond acceptors (Lipinski definition) is 3. The Bertz CT molecular complexity index is 1150. The molecular weight excluding hydrogens is 383 g/mol. The molecule has 0 radical (unpaired) electrons. The lowest BCUT2D eigenvalue weighted by Crippen LogP contribution is -2.25. The standard InChI is InChI=1S/C23H27FN4O2/c1-4-28-21-11-15(10-19(24)18(21)12-26-28)20-6-5-16(23(30)27-20)17(13(2)3)9-14-7-8-25-22(14)29/h5-6,10-14,17H,4,7-9H2,1-3H3,(H,25,29)(H,27,30)/t14-,17-/m0/s1. The molecule has 1 amide bonds. The van der Waals surface area contributed by atoms with Crippen molar-refractivity contribution in [3.8, 4) is 11.3 Å². The summed E-state index contributed by atoms with van der Waals surface area (Å²) in [4.78, 5) is 27.9. The summed E-state index contributed by atoms with van der Waals surface area (Å²) in [7, 11) is 0. The number of nitrogens with one attached hydrogen (secondary N) is 2. The Morgan fingerprint density at radius 3 is 2.70 bits per heavy atom. The van der Waals surface area contributed by atoms with Gasteiger partial charge in [0, 0.05) is 35.8 Å². The van der Waals surface area contributed by atoms with Crippen molar-refractivity contribution in [2.24, 2.45) is 11.8 Å². The number of hydrogen-bond donors (Lipinski definition) is 2. The van der Waals surface area contributed by atoms with Gasteiger partial charge in [-0.3, -0.25) is 14.3 Å². The number of fused-ring (bicyclic) bond motifs is 1. The first-order chi connectivity index (χ1) is 14.4. The van der Waals surface area contributed by atoms with Gasteiger partial charge in [0.15, 0.2) is 0 Å². The molecular formula is C23H27FN4O2. The molecule has 2 atom stereocenters. The molecule has 1 aromatic carbocycles. The van der Waals surface area contributed by atoms with Crippen molar-refractivity contribution < 1.29 is 9.18 Å². The van der Waals surface area contributed by atoms with Crippen molar-refractivity contribution in [3.63, 3.8) is 0 Å². The molecule has 6 nitrogen and oxygen atoms in total. The molecule has 1 aliphatic rings. The summed E-state index contributed by atoms with van der Waals surface area (Å²) in [6.45, 7) is 7.42. The maximum absolute atomic E-state index is 14.6. The third-order valence-electron chi connectivity index (χ3n) is 6.17. The van der Waals surface area contributed by atoms with E-state index in [1.807, 2.05) is 25.1 Å². The first-order valence-corrected chi connectivity index (χ1v) is 10.6. The smallest absolute Gasteiger partial charge is 0.251 e. The molecule has 0 unspecified atom stereocenters. The second kappa shape index (κ2) is 8.05. The van der Waals surface area contributed by atoms with Crippen LogP contribution in [0.4, 0.5) is 4.39 Å². The molecule has 3 heterocycles. The second-order valence-corrected chi connectivity index (χ2v) is 8.37. The third-order valence-corrected chi connectivity index (χ3v) is 6.17. The normalized spacial score (nSPS) is 17.6. The molecule has 30 heavy (non-hydrogen) atoms. The van der Waals surface area contributed by atoms with Crippen molar-refractivity contribution in [1.29, 1.82) is 0 Å². The molecule has 158 valence electrons. The highest BCUT2D eigenvalue weighted by Gasteiger charge is 2.30. The van der Waals surface area contributed by atoms with Gasteiger partial charge in [0.2, 0.25) is 5.91 Å². The van der Waals surface area contributed by atoms with Gasteiger partial charge in [0.25, 0.3) is 5.56 Å². The van der Waals surface area contributed by atoms with Gasteiger partial charge < -0.3 is 10.3 Å². The van der Waals surface area contributed by atoms with Crippen LogP contribution in [0, 0.1) is 17.7 Å². The topological polar surface area (TPSA) is 79.8 Å². The van der Waals surface area contributed by atoms with E-state index in [1.165, 1.54) is 12.3 Å². The minimum Gasteiger partial charge on any atom is -0.356 e. The van der Waals surface area contributed by atoms with Crippen LogP contribution in [-0.2, 0) is 11.3 Å². The van der Waals surface area contributed by atoms with Crippen LogP contribution in [-0.4, -0.2) is 27.2 Å². The number of rotatable bonds is 6. The highest BCUT2D eigenvalue weighted by molar-refractivity contribution is 5.84. The summed E-state index contributed by atoms with van der Waals surface area (Å²) in [5.41, 5.74) is 2.36. The molecule has 1 fully saturated rings. The van der Waals surface area contributed by atoms with Crippen molar-refractivity contribution in [2.75, 3.05) is 6.54 Å². The predicted molar refractivity (Wildman–Crippen MR) is 115 cm³/mol. The van der Waals surface area contributed by atoms with E-state index >= 15 is 0 Å². The monoisotopic (exact) mass is 410 g/mol. The van der Waals surface area contributed by atoms with Crippen molar-refractivity contribution in [1.82, 2.24) is 20.1 Å². The lowest BCUT2D eigenvalue weighted by atomic mass is 9.81. The average molecular weight is 410 g/mol. The molecule has 1 saturated heterocycles. The SMILES string of the molecule is CCn1ncc2c(F)cc(-c3ccc([C@@H](C[C@@H]4CCNC4=O)C(C)C)c(=O)[nH]3)cc21. The molecule has 0 spiro atoms. The fraction of sp³-hybridized carbons (Fsp3) is 0.435. The first kappa shape index (κ1) is 20.3. The average Bonchev–Trinajstić information content (AvgIpc) is 3.32. The number of pyridine rings is 1. The number of benzene rings is 1. The number of aromatic nitrogens is 3. The van der Waals surface area contributed by atoms with Crippen LogP contribution in [0.15, 0.2) is 35.3 Å². The number of nitrogens with zero attached hydrogens (tertiary/aromatic N) is 2. The van der Waals surface area contributed by atoms with E-state index in [4.69, 9.17) is 0 Å². The Hall–Kier alpha value is -2.96. The highest BCUT2D eigenvalue weighted by Crippen LogP contribution is 2.33. The van der Waals surface area contributed by atoms with Gasteiger partial charge in [0.1, 0.15) is 5.82 Å². The molecule has 2 aromatic heterocycles. The van der Waals surface area contributed by atoms with E-state index in [9.17, 15) is 14.0 Å². The van der Waals surface area contributed by atoms with Crippen molar-refractivity contribution in [3.05, 3.63) is 52.2 Å². The molecule has 0 aliphatic carbocycles. The van der Waals surface area contributed by atoms with Gasteiger partial charge in [-0.1, -0.05) is 19.9 Å². The Kier molecular flexibility index (Phi) is 5.45. The number of carbonyl (C=O) groups is 1. The zero-order valence-electron chi connectivity index (χ0n) is 17.5. The van der Waals surface area contributed by atoms with Crippen LogP contribution >= 0.6 is 0 Å². The van der Waals surface area contributed by atoms with E-state index in [1.54, 1.807) is 4.68 Å². The van der Waals surface area contributed by atoms with E-state index < -0.39 is 0 Å². The molecule has 0 bridgehead atoms. The fourth-order valence-electron chi connectivity index (χ4n) is 4.42. The third kappa shape index (κ3) is 3.64. The summed E-state index contributed by atoms with van der Waals surface area (Å²) < 4.78 is 16.3. The number of aromatic amines is 1. The largest absolute Gasteiger partial charge is 0.356 e. The molecule has 1 aliphatic heterocycles. The van der Waals surface area contributed by atoms with Gasteiger partial charge in [-0.2, -0.15) is 5.10 Å². The minimum absolute atomic E-state index is 0.0163. The summed E-state index contributed by atoms with van der Waals surface area (Å²) in [5.74, 6) is -0.137. The Balaban J connectivity index is 1.69. The maximum atomic E-state index is 14.6. The summed E-state index contributed by atoms with van der Waals surface area (Å²) in [6.07, 6.45) is 2.99. The minimum atomic E-state index is -0.362. The zero-order valence-corrected chi connectivity index (χ0v) is 17.5. The van der Waals surface area contributed by atoms with Gasteiger partial charge >= 0.3 is 0 Å². The maximum Gasteiger partial charge on any atom is 0.251 e. The van der Waals surface area contributed by atoms with E-state index in [0.717, 1.165) is 6.42 Å². The number of carbonyl (C=O) groups excluding carboxylic acids is 1. The predicted octanol–water partition coefficient (Wildman–Crippen LogP) is 3.82. The Morgan fingerprint density at radius 2 is 2.07 bits per heavy atom. The number of amides is 1. The van der Waals surface area contributed by atoms with Crippen LogP contribution in [0.25, 0.3) is 22.2 Å². The van der Waals surface area contributed by atoms with Crippen LogP contribution in [0.5, 0.6) is 0 Å². The van der Waals surface area contributed by atoms with Gasteiger partial charge in [-0.25, -0.2) is 4.39 Å². The van der Waals surface area contributed by atoms with Gasteiger partial charge in [0.05, 0.1) is 17.1 Å². The van der Waals surface area contributed by atoms with E-state index in [2.05, 4.69) is 29.2 Å². The Morgan fingerprint density at radius 1 is 1.27 bits per heavy atom. The number of H-pyrrole nitrogens is 1. The molecule has 3 aromatic rings. The van der Waals surface area contributed by atoms with Crippen LogP contribution in [0.1, 0.15) is 45.1 Å². The Labute approximate surface area is 174 Å². The van der Waals surface area contributed by atoms with Crippen LogP contribution < -0.4 is 10.9 Å².